The Hall–Kier alpha value is -2.07. The summed E-state index contributed by atoms with van der Waals surface area (Å²) in [6, 6.07) is 1.72. The number of rotatable bonds is 3. The van der Waals surface area contributed by atoms with E-state index in [1.165, 1.54) is 0 Å². The number of hydrogen-bond donors (Lipinski definition) is 6. The number of carbonyl (C=O) groups is 1. The molecular weight excluding hydrogens is 300 g/mol. The van der Waals surface area contributed by atoms with Crippen molar-refractivity contribution in [2.24, 2.45) is 0 Å². The molecule has 1 aliphatic heterocycles. The maximum atomic E-state index is 12.0. The van der Waals surface area contributed by atoms with Gasteiger partial charge in [0.2, 0.25) is 0 Å². The van der Waals surface area contributed by atoms with Crippen LogP contribution in [0.4, 0.5) is 0 Å². The molecular formula is C13H16O9. The van der Waals surface area contributed by atoms with Gasteiger partial charge in [-0.25, -0.2) is 4.79 Å². The summed E-state index contributed by atoms with van der Waals surface area (Å²) in [7, 11) is 0. The van der Waals surface area contributed by atoms with Crippen LogP contribution in [0.25, 0.3) is 0 Å². The topological polar surface area (TPSA) is 157 Å². The molecule has 1 heterocycles. The lowest BCUT2D eigenvalue weighted by Gasteiger charge is -2.36. The molecule has 6 N–H and O–H groups in total. The van der Waals surface area contributed by atoms with Crippen molar-refractivity contribution in [3.63, 3.8) is 0 Å². The van der Waals surface area contributed by atoms with Gasteiger partial charge in [0.15, 0.2) is 23.4 Å². The third-order valence-corrected chi connectivity index (χ3v) is 3.31. The van der Waals surface area contributed by atoms with Crippen LogP contribution in [0.15, 0.2) is 12.1 Å². The molecule has 9 heteroatoms. The maximum absolute atomic E-state index is 12.0. The fourth-order valence-electron chi connectivity index (χ4n) is 2.08. The zero-order chi connectivity index (χ0) is 16.4. The molecule has 0 aliphatic carbocycles. The van der Waals surface area contributed by atoms with E-state index in [0.29, 0.717) is 0 Å². The number of benzene rings is 1. The average molecular weight is 316 g/mol. The first-order chi connectivity index (χ1) is 10.3. The molecule has 1 aromatic rings. The standard InChI is InChI=1S/C13H16O9/c14-3-9-11(19)12(8(17)4-21-9)22-13(20)5-1-6(15)10(18)7(16)2-5/h1-2,8-9,11-12,14-19H,3-4H2. The molecule has 1 aromatic carbocycles. The number of phenols is 3. The van der Waals surface area contributed by atoms with Crippen molar-refractivity contribution in [2.75, 3.05) is 13.2 Å². The Labute approximate surface area is 124 Å². The van der Waals surface area contributed by atoms with Gasteiger partial charge in [0, 0.05) is 0 Å². The Morgan fingerprint density at radius 1 is 1.23 bits per heavy atom. The van der Waals surface area contributed by atoms with Gasteiger partial charge in [-0.1, -0.05) is 0 Å². The maximum Gasteiger partial charge on any atom is 0.338 e. The molecule has 0 spiro atoms. The number of esters is 1. The van der Waals surface area contributed by atoms with Crippen LogP contribution in [0.5, 0.6) is 17.2 Å². The summed E-state index contributed by atoms with van der Waals surface area (Å²) >= 11 is 0. The highest BCUT2D eigenvalue weighted by molar-refractivity contribution is 5.91. The van der Waals surface area contributed by atoms with E-state index in [1.807, 2.05) is 0 Å². The third kappa shape index (κ3) is 3.07. The van der Waals surface area contributed by atoms with Crippen molar-refractivity contribution in [3.8, 4) is 17.2 Å². The molecule has 22 heavy (non-hydrogen) atoms. The summed E-state index contributed by atoms with van der Waals surface area (Å²) in [4.78, 5) is 12.0. The van der Waals surface area contributed by atoms with E-state index in [-0.39, 0.29) is 12.2 Å². The second-order valence-corrected chi connectivity index (χ2v) is 4.85. The predicted molar refractivity (Wildman–Crippen MR) is 69.5 cm³/mol. The summed E-state index contributed by atoms with van der Waals surface area (Å²) in [6.45, 7) is -0.769. The van der Waals surface area contributed by atoms with Crippen molar-refractivity contribution >= 4 is 5.97 Å². The molecule has 0 saturated carbocycles. The van der Waals surface area contributed by atoms with Gasteiger partial charge in [0.25, 0.3) is 0 Å². The number of ether oxygens (including phenoxy) is 2. The number of aliphatic hydroxyl groups is 3. The average Bonchev–Trinajstić information content (AvgIpc) is 2.48. The third-order valence-electron chi connectivity index (χ3n) is 3.31. The minimum atomic E-state index is -1.45. The van der Waals surface area contributed by atoms with E-state index in [2.05, 4.69) is 0 Å². The molecule has 0 radical (unpaired) electrons. The minimum Gasteiger partial charge on any atom is -0.504 e. The number of carbonyl (C=O) groups excluding carboxylic acids is 1. The molecule has 0 aromatic heterocycles. The summed E-state index contributed by atoms with van der Waals surface area (Å²) in [5.41, 5.74) is -0.292. The van der Waals surface area contributed by atoms with E-state index in [4.69, 9.17) is 14.6 Å². The van der Waals surface area contributed by atoms with Gasteiger partial charge in [-0.05, 0) is 12.1 Å². The first kappa shape index (κ1) is 16.3. The molecule has 4 atom stereocenters. The zero-order valence-corrected chi connectivity index (χ0v) is 11.3. The first-order valence-electron chi connectivity index (χ1n) is 6.39. The van der Waals surface area contributed by atoms with Crippen molar-refractivity contribution in [1.29, 1.82) is 0 Å². The monoisotopic (exact) mass is 316 g/mol. The largest absolute Gasteiger partial charge is 0.504 e. The fraction of sp³-hybridized carbons (Fsp3) is 0.462. The first-order valence-corrected chi connectivity index (χ1v) is 6.39. The van der Waals surface area contributed by atoms with E-state index < -0.39 is 54.2 Å². The number of hydrogen-bond acceptors (Lipinski definition) is 9. The molecule has 9 nitrogen and oxygen atoms in total. The molecule has 4 unspecified atom stereocenters. The fourth-order valence-corrected chi connectivity index (χ4v) is 2.08. The molecule has 1 aliphatic rings. The second kappa shape index (κ2) is 6.36. The van der Waals surface area contributed by atoms with Crippen LogP contribution in [0.3, 0.4) is 0 Å². The van der Waals surface area contributed by atoms with Crippen LogP contribution in [0, 0.1) is 0 Å². The Balaban J connectivity index is 2.17. The summed E-state index contributed by atoms with van der Waals surface area (Å²) in [6.07, 6.45) is -5.11. The summed E-state index contributed by atoms with van der Waals surface area (Å²) in [5.74, 6) is -3.29. The van der Waals surface area contributed by atoms with Crippen LogP contribution >= 0.6 is 0 Å². The van der Waals surface area contributed by atoms with Gasteiger partial charge in [0.05, 0.1) is 18.8 Å². The smallest absolute Gasteiger partial charge is 0.338 e. The van der Waals surface area contributed by atoms with Crippen molar-refractivity contribution in [1.82, 2.24) is 0 Å². The lowest BCUT2D eigenvalue weighted by atomic mass is 10.00. The normalized spacial score (nSPS) is 28.3. The molecule has 1 fully saturated rings. The van der Waals surface area contributed by atoms with E-state index in [9.17, 15) is 30.3 Å². The molecule has 0 bridgehead atoms. The van der Waals surface area contributed by atoms with E-state index in [0.717, 1.165) is 12.1 Å². The van der Waals surface area contributed by atoms with Crippen LogP contribution in [-0.4, -0.2) is 74.2 Å². The van der Waals surface area contributed by atoms with Gasteiger partial charge in [-0.15, -0.1) is 0 Å². The summed E-state index contributed by atoms with van der Waals surface area (Å²) < 4.78 is 9.92. The van der Waals surface area contributed by atoms with Crippen LogP contribution in [0.2, 0.25) is 0 Å². The Kier molecular flexibility index (Phi) is 4.71. The van der Waals surface area contributed by atoms with Gasteiger partial charge >= 0.3 is 5.97 Å². The Morgan fingerprint density at radius 3 is 2.36 bits per heavy atom. The number of aliphatic hydroxyl groups excluding tert-OH is 3. The van der Waals surface area contributed by atoms with Crippen molar-refractivity contribution < 1.29 is 44.9 Å². The lowest BCUT2D eigenvalue weighted by Crippen LogP contribution is -2.55. The molecule has 2 rings (SSSR count). The van der Waals surface area contributed by atoms with Crippen LogP contribution in [0.1, 0.15) is 10.4 Å². The number of aromatic hydroxyl groups is 3. The SMILES string of the molecule is O=C(OC1C(O)COC(CO)C1O)c1cc(O)c(O)c(O)c1. The second-order valence-electron chi connectivity index (χ2n) is 4.85. The van der Waals surface area contributed by atoms with Gasteiger partial charge in [-0.3, -0.25) is 0 Å². The Morgan fingerprint density at radius 2 is 1.82 bits per heavy atom. The highest BCUT2D eigenvalue weighted by atomic mass is 16.6. The number of phenolic OH excluding ortho intramolecular Hbond substituents is 3. The molecule has 122 valence electrons. The highest BCUT2D eigenvalue weighted by Crippen LogP contribution is 2.35. The highest BCUT2D eigenvalue weighted by Gasteiger charge is 2.41. The van der Waals surface area contributed by atoms with Gasteiger partial charge < -0.3 is 40.1 Å². The molecule has 1 saturated heterocycles. The summed E-state index contributed by atoms with van der Waals surface area (Å²) in [5, 5.41) is 56.5. The van der Waals surface area contributed by atoms with Crippen molar-refractivity contribution in [2.45, 2.75) is 24.4 Å². The Bertz CT molecular complexity index is 535. The van der Waals surface area contributed by atoms with Crippen LogP contribution in [-0.2, 0) is 9.47 Å². The van der Waals surface area contributed by atoms with Gasteiger partial charge in [0.1, 0.15) is 18.3 Å². The van der Waals surface area contributed by atoms with E-state index in [1.54, 1.807) is 0 Å². The zero-order valence-electron chi connectivity index (χ0n) is 11.3. The predicted octanol–water partition coefficient (Wildman–Crippen LogP) is -1.56. The quantitative estimate of drug-likeness (QED) is 0.286. The van der Waals surface area contributed by atoms with E-state index >= 15 is 0 Å². The minimum absolute atomic E-state index is 0.244. The van der Waals surface area contributed by atoms with Crippen LogP contribution < -0.4 is 0 Å². The van der Waals surface area contributed by atoms with Crippen molar-refractivity contribution in [3.05, 3.63) is 17.7 Å². The lowest BCUT2D eigenvalue weighted by molar-refractivity contribution is -0.196. The molecule has 0 amide bonds. The van der Waals surface area contributed by atoms with Gasteiger partial charge in [-0.2, -0.15) is 0 Å².